The molecule has 0 aromatic heterocycles. The molecule has 26 heavy (non-hydrogen) atoms. The van der Waals surface area contributed by atoms with E-state index in [-0.39, 0.29) is 6.61 Å². The highest BCUT2D eigenvalue weighted by atomic mass is 16.5. The molecule has 2 N–H and O–H groups in total. The molecule has 1 heterocycles. The highest BCUT2D eigenvalue weighted by Crippen LogP contribution is 2.38. The zero-order valence-corrected chi connectivity index (χ0v) is 15.6. The fourth-order valence-corrected chi connectivity index (χ4v) is 3.78. The van der Waals surface area contributed by atoms with Crippen molar-refractivity contribution in [1.29, 1.82) is 0 Å². The van der Waals surface area contributed by atoms with Gasteiger partial charge in [0.25, 0.3) is 0 Å². The van der Waals surface area contributed by atoms with Gasteiger partial charge in [0, 0.05) is 18.6 Å². The third-order valence-electron chi connectivity index (χ3n) is 5.38. The first-order valence-electron chi connectivity index (χ1n) is 9.63. The number of likely N-dealkylation sites (tertiary alicyclic amines) is 1. The lowest BCUT2D eigenvalue weighted by molar-refractivity contribution is -0.142. The van der Waals surface area contributed by atoms with Crippen LogP contribution in [0.25, 0.3) is 6.08 Å². The number of benzene rings is 1. The number of piperidine rings is 1. The van der Waals surface area contributed by atoms with E-state index in [1.807, 2.05) is 0 Å². The Morgan fingerprint density at radius 1 is 1.31 bits per heavy atom. The molecular weight excluding hydrogens is 328 g/mol. The van der Waals surface area contributed by atoms with Crippen LogP contribution in [0.3, 0.4) is 0 Å². The fourth-order valence-electron chi connectivity index (χ4n) is 3.78. The fraction of sp³-hybridized carbons (Fsp3) is 0.571. The van der Waals surface area contributed by atoms with Gasteiger partial charge in [-0.1, -0.05) is 42.0 Å². The van der Waals surface area contributed by atoms with Crippen molar-refractivity contribution in [3.8, 4) is 0 Å². The first-order chi connectivity index (χ1) is 12.6. The van der Waals surface area contributed by atoms with Gasteiger partial charge in [-0.3, -0.25) is 0 Å². The second kappa shape index (κ2) is 9.31. The molecule has 1 aliphatic carbocycles. The van der Waals surface area contributed by atoms with Gasteiger partial charge in [0.2, 0.25) is 0 Å². The van der Waals surface area contributed by atoms with Gasteiger partial charge in [0.1, 0.15) is 6.61 Å². The molecule has 2 atom stereocenters. The van der Waals surface area contributed by atoms with Crippen LogP contribution in [0.4, 0.5) is 0 Å². The summed E-state index contributed by atoms with van der Waals surface area (Å²) in [6.45, 7) is 5.49. The van der Waals surface area contributed by atoms with Crippen LogP contribution in [0.5, 0.6) is 0 Å². The second-order valence-corrected chi connectivity index (χ2v) is 7.48. The quantitative estimate of drug-likeness (QED) is 0.665. The number of carboxylic acid groups (broad SMARTS) is 1. The van der Waals surface area contributed by atoms with Gasteiger partial charge in [-0.05, 0) is 50.8 Å². The number of rotatable bonds is 9. The van der Waals surface area contributed by atoms with E-state index in [1.165, 1.54) is 17.6 Å². The summed E-state index contributed by atoms with van der Waals surface area (Å²) < 4.78 is 5.13. The zero-order chi connectivity index (χ0) is 18.4. The van der Waals surface area contributed by atoms with Crippen molar-refractivity contribution in [2.75, 3.05) is 32.8 Å². The van der Waals surface area contributed by atoms with Crippen molar-refractivity contribution in [2.24, 2.45) is 5.92 Å². The minimum Gasteiger partial charge on any atom is -0.480 e. The number of nitrogens with one attached hydrogen (secondary N) is 1. The Morgan fingerprint density at radius 2 is 2.04 bits per heavy atom. The molecule has 1 aromatic carbocycles. The number of carboxylic acids is 1. The molecule has 5 heteroatoms. The smallest absolute Gasteiger partial charge is 0.329 e. The monoisotopic (exact) mass is 358 g/mol. The van der Waals surface area contributed by atoms with Crippen molar-refractivity contribution in [1.82, 2.24) is 10.2 Å². The van der Waals surface area contributed by atoms with E-state index in [9.17, 15) is 4.79 Å². The van der Waals surface area contributed by atoms with Crippen LogP contribution in [0.15, 0.2) is 35.9 Å². The van der Waals surface area contributed by atoms with Gasteiger partial charge in [0.15, 0.2) is 0 Å². The summed E-state index contributed by atoms with van der Waals surface area (Å²) in [4.78, 5) is 12.8. The van der Waals surface area contributed by atoms with E-state index >= 15 is 0 Å². The van der Waals surface area contributed by atoms with Crippen molar-refractivity contribution in [3.63, 3.8) is 0 Å². The maximum absolute atomic E-state index is 10.4. The average molecular weight is 358 g/mol. The lowest BCUT2D eigenvalue weighted by atomic mass is 10.0. The molecule has 1 aliphatic heterocycles. The summed E-state index contributed by atoms with van der Waals surface area (Å²) in [6, 6.07) is 11.8. The molecule has 1 unspecified atom stereocenters. The highest BCUT2D eigenvalue weighted by molar-refractivity contribution is 5.67. The van der Waals surface area contributed by atoms with Crippen molar-refractivity contribution in [3.05, 3.63) is 41.5 Å². The van der Waals surface area contributed by atoms with Gasteiger partial charge in [0.05, 0.1) is 6.61 Å². The van der Waals surface area contributed by atoms with Crippen LogP contribution in [0.2, 0.25) is 0 Å². The summed E-state index contributed by atoms with van der Waals surface area (Å²) >= 11 is 0. The average Bonchev–Trinajstić information content (AvgIpc) is 3.40. The predicted molar refractivity (Wildman–Crippen MR) is 103 cm³/mol. The molecule has 142 valence electrons. The lowest BCUT2D eigenvalue weighted by Gasteiger charge is -2.32. The zero-order valence-electron chi connectivity index (χ0n) is 15.6. The minimum atomic E-state index is -0.900. The summed E-state index contributed by atoms with van der Waals surface area (Å²) in [6.07, 6.45) is 5.87. The molecule has 5 nitrogen and oxygen atoms in total. The Hall–Kier alpha value is -1.69. The normalized spacial score (nSPS) is 24.6. The number of ether oxygens (including phenoxy) is 1. The van der Waals surface area contributed by atoms with Crippen molar-refractivity contribution < 1.29 is 14.6 Å². The molecule has 0 bridgehead atoms. The van der Waals surface area contributed by atoms with Gasteiger partial charge >= 0.3 is 5.97 Å². The maximum atomic E-state index is 10.4. The third kappa shape index (κ3) is 5.94. The third-order valence-corrected chi connectivity index (χ3v) is 5.38. The molecule has 2 fully saturated rings. The lowest BCUT2D eigenvalue weighted by Crippen LogP contribution is -2.44. The molecule has 1 saturated carbocycles. The van der Waals surface area contributed by atoms with E-state index in [2.05, 4.69) is 53.5 Å². The second-order valence-electron chi connectivity index (χ2n) is 7.48. The van der Waals surface area contributed by atoms with Crippen molar-refractivity contribution in [2.45, 2.75) is 38.3 Å². The first kappa shape index (κ1) is 19.1. The summed E-state index contributed by atoms with van der Waals surface area (Å²) in [5, 5.41) is 12.4. The maximum Gasteiger partial charge on any atom is 0.329 e. The SMILES string of the molecule is CC(=Cc1ccccc1)C1C[C@@H]1NC1CCN(CCOCC(=O)O)CC1. The van der Waals surface area contributed by atoms with Crippen molar-refractivity contribution >= 4 is 12.0 Å². The summed E-state index contributed by atoms with van der Waals surface area (Å²) in [5.74, 6) is -0.221. The summed E-state index contributed by atoms with van der Waals surface area (Å²) in [7, 11) is 0. The van der Waals surface area contributed by atoms with E-state index in [1.54, 1.807) is 0 Å². The van der Waals surface area contributed by atoms with Crippen LogP contribution in [-0.2, 0) is 9.53 Å². The van der Waals surface area contributed by atoms with Crippen LogP contribution in [0.1, 0.15) is 31.7 Å². The molecular formula is C21H30N2O3. The molecule has 3 rings (SSSR count). The largest absolute Gasteiger partial charge is 0.480 e. The number of nitrogens with zero attached hydrogens (tertiary/aromatic N) is 1. The molecule has 2 aliphatic rings. The van der Waals surface area contributed by atoms with Gasteiger partial charge < -0.3 is 20.1 Å². The molecule has 0 amide bonds. The number of aliphatic carboxylic acids is 1. The number of carbonyl (C=O) groups is 1. The van der Waals surface area contributed by atoms with Gasteiger partial charge in [-0.15, -0.1) is 0 Å². The number of hydrogen-bond donors (Lipinski definition) is 2. The van der Waals surface area contributed by atoms with Crippen LogP contribution in [-0.4, -0.2) is 60.9 Å². The Labute approximate surface area is 156 Å². The Morgan fingerprint density at radius 3 is 2.73 bits per heavy atom. The summed E-state index contributed by atoms with van der Waals surface area (Å²) in [5.41, 5.74) is 2.76. The molecule has 0 radical (unpaired) electrons. The molecule has 0 spiro atoms. The number of hydrogen-bond acceptors (Lipinski definition) is 4. The Balaban J connectivity index is 1.33. The van der Waals surface area contributed by atoms with Crippen LogP contribution < -0.4 is 5.32 Å². The predicted octanol–water partition coefficient (Wildman–Crippen LogP) is 2.63. The van der Waals surface area contributed by atoms with E-state index in [0.717, 1.165) is 32.5 Å². The van der Waals surface area contributed by atoms with Gasteiger partial charge in [-0.25, -0.2) is 4.79 Å². The van der Waals surface area contributed by atoms with Gasteiger partial charge in [-0.2, -0.15) is 0 Å². The molecule has 1 saturated heterocycles. The Bertz CT molecular complexity index is 609. The van der Waals surface area contributed by atoms with Crippen LogP contribution >= 0.6 is 0 Å². The first-order valence-corrected chi connectivity index (χ1v) is 9.63. The highest BCUT2D eigenvalue weighted by Gasteiger charge is 2.39. The van der Waals surface area contributed by atoms with Crippen LogP contribution in [0, 0.1) is 5.92 Å². The van der Waals surface area contributed by atoms with E-state index in [4.69, 9.17) is 9.84 Å². The Kier molecular flexibility index (Phi) is 6.83. The molecule has 1 aromatic rings. The minimum absolute atomic E-state index is 0.197. The van der Waals surface area contributed by atoms with E-state index < -0.39 is 5.97 Å². The van der Waals surface area contributed by atoms with E-state index in [0.29, 0.717) is 24.6 Å². The topological polar surface area (TPSA) is 61.8 Å². The standard InChI is InChI=1S/C21H30N2O3/c1-16(13-17-5-3-2-4-6-17)19-14-20(19)22-18-7-9-23(10-8-18)11-12-26-15-21(24)25/h2-6,13,18-20,22H,7-12,14-15H2,1H3,(H,24,25)/t19?,20-/m0/s1.